The Bertz CT molecular complexity index is 320. The number of imidazole rings is 1. The van der Waals surface area contributed by atoms with Crippen LogP contribution >= 0.6 is 12.4 Å². The molecular formula is C9H16ClN3O. The Balaban J connectivity index is 0.00000169. The van der Waals surface area contributed by atoms with Gasteiger partial charge in [0.1, 0.15) is 5.82 Å². The van der Waals surface area contributed by atoms with E-state index in [0.29, 0.717) is 6.42 Å². The van der Waals surface area contributed by atoms with Gasteiger partial charge in [-0.2, -0.15) is 0 Å². The standard InChI is InChI=1S/C9H15N3O.ClH/c1-6-11-5-7(12-6)4-9(2,3)8(10)13;/h5H,4H2,1-3H3,(H2,10,13)(H,11,12);1H. The van der Waals surface area contributed by atoms with Crippen LogP contribution in [0.5, 0.6) is 0 Å². The quantitative estimate of drug-likeness (QED) is 0.799. The topological polar surface area (TPSA) is 71.8 Å². The lowest BCUT2D eigenvalue weighted by molar-refractivity contribution is -0.125. The average Bonchev–Trinajstić information content (AvgIpc) is 2.34. The van der Waals surface area contributed by atoms with E-state index in [9.17, 15) is 4.79 Å². The highest BCUT2D eigenvalue weighted by molar-refractivity contribution is 5.85. The number of carbonyl (C=O) groups excluding carboxylic acids is 1. The van der Waals surface area contributed by atoms with Crippen molar-refractivity contribution < 1.29 is 4.79 Å². The maximum Gasteiger partial charge on any atom is 0.223 e. The highest BCUT2D eigenvalue weighted by atomic mass is 35.5. The van der Waals surface area contributed by atoms with Crippen molar-refractivity contribution in [3.05, 3.63) is 17.7 Å². The molecule has 0 unspecified atom stereocenters. The molecule has 0 radical (unpaired) electrons. The summed E-state index contributed by atoms with van der Waals surface area (Å²) in [4.78, 5) is 18.1. The monoisotopic (exact) mass is 217 g/mol. The Labute approximate surface area is 89.7 Å². The molecule has 0 saturated carbocycles. The number of nitrogens with one attached hydrogen (secondary N) is 1. The number of nitrogens with zero attached hydrogens (tertiary/aromatic N) is 1. The average molecular weight is 218 g/mol. The minimum absolute atomic E-state index is 0. The first-order valence-corrected chi connectivity index (χ1v) is 4.22. The van der Waals surface area contributed by atoms with Crippen molar-refractivity contribution in [2.24, 2.45) is 11.1 Å². The molecule has 0 aliphatic heterocycles. The molecule has 0 bridgehead atoms. The van der Waals surface area contributed by atoms with Crippen LogP contribution in [0.2, 0.25) is 0 Å². The largest absolute Gasteiger partial charge is 0.369 e. The number of aryl methyl sites for hydroxylation is 1. The Morgan fingerprint density at radius 2 is 2.21 bits per heavy atom. The van der Waals surface area contributed by atoms with Crippen molar-refractivity contribution in [2.75, 3.05) is 0 Å². The summed E-state index contributed by atoms with van der Waals surface area (Å²) in [6.07, 6.45) is 2.34. The first-order valence-electron chi connectivity index (χ1n) is 4.22. The maximum atomic E-state index is 11.0. The molecule has 80 valence electrons. The number of aromatic nitrogens is 2. The second-order valence-corrected chi connectivity index (χ2v) is 3.92. The lowest BCUT2D eigenvalue weighted by atomic mass is 9.87. The zero-order chi connectivity index (χ0) is 10.1. The predicted octanol–water partition coefficient (Wildman–Crippen LogP) is 1.19. The molecule has 0 atom stereocenters. The van der Waals surface area contributed by atoms with Crippen LogP contribution in [0.1, 0.15) is 25.4 Å². The fraction of sp³-hybridized carbons (Fsp3) is 0.556. The highest BCUT2D eigenvalue weighted by Crippen LogP contribution is 2.19. The third-order valence-electron chi connectivity index (χ3n) is 2.05. The van der Waals surface area contributed by atoms with E-state index in [4.69, 9.17) is 5.73 Å². The molecule has 0 aliphatic rings. The third kappa shape index (κ3) is 3.03. The second-order valence-electron chi connectivity index (χ2n) is 3.92. The molecule has 0 spiro atoms. The van der Waals surface area contributed by atoms with Gasteiger partial charge < -0.3 is 10.7 Å². The number of aromatic amines is 1. The first kappa shape index (κ1) is 13.0. The summed E-state index contributed by atoms with van der Waals surface area (Å²) in [5.74, 6) is 0.565. The van der Waals surface area contributed by atoms with E-state index in [0.717, 1.165) is 11.5 Å². The van der Waals surface area contributed by atoms with E-state index in [1.807, 2.05) is 20.8 Å². The molecule has 0 fully saturated rings. The van der Waals surface area contributed by atoms with Crippen molar-refractivity contribution >= 4 is 18.3 Å². The van der Waals surface area contributed by atoms with E-state index in [2.05, 4.69) is 9.97 Å². The molecule has 14 heavy (non-hydrogen) atoms. The van der Waals surface area contributed by atoms with E-state index < -0.39 is 5.41 Å². The molecule has 1 amide bonds. The molecule has 4 nitrogen and oxygen atoms in total. The molecule has 1 aromatic heterocycles. The van der Waals surface area contributed by atoms with Crippen molar-refractivity contribution in [2.45, 2.75) is 27.2 Å². The summed E-state index contributed by atoms with van der Waals surface area (Å²) in [5, 5.41) is 0. The minimum atomic E-state index is -0.515. The van der Waals surface area contributed by atoms with Crippen molar-refractivity contribution in [1.82, 2.24) is 9.97 Å². The van der Waals surface area contributed by atoms with Gasteiger partial charge in [0.2, 0.25) is 5.91 Å². The van der Waals surface area contributed by atoms with E-state index in [1.165, 1.54) is 0 Å². The van der Waals surface area contributed by atoms with Gasteiger partial charge in [0, 0.05) is 23.7 Å². The van der Waals surface area contributed by atoms with Crippen LogP contribution in [-0.2, 0) is 11.2 Å². The normalized spacial score (nSPS) is 10.8. The first-order chi connectivity index (χ1) is 5.92. The summed E-state index contributed by atoms with van der Waals surface area (Å²) in [6, 6.07) is 0. The number of rotatable bonds is 3. The van der Waals surface area contributed by atoms with Crippen LogP contribution < -0.4 is 5.73 Å². The van der Waals surface area contributed by atoms with Crippen LogP contribution in [-0.4, -0.2) is 15.9 Å². The van der Waals surface area contributed by atoms with E-state index >= 15 is 0 Å². The van der Waals surface area contributed by atoms with Gasteiger partial charge in [0.25, 0.3) is 0 Å². The minimum Gasteiger partial charge on any atom is -0.369 e. The fourth-order valence-corrected chi connectivity index (χ4v) is 1.12. The fourth-order valence-electron chi connectivity index (χ4n) is 1.12. The zero-order valence-corrected chi connectivity index (χ0v) is 9.44. The smallest absolute Gasteiger partial charge is 0.223 e. The molecule has 1 heterocycles. The van der Waals surface area contributed by atoms with Gasteiger partial charge in [0.05, 0.1) is 0 Å². The van der Waals surface area contributed by atoms with Crippen LogP contribution in [0.3, 0.4) is 0 Å². The summed E-state index contributed by atoms with van der Waals surface area (Å²) in [7, 11) is 0. The Kier molecular flexibility index (Phi) is 4.13. The predicted molar refractivity (Wildman–Crippen MR) is 57.3 cm³/mol. The lowest BCUT2D eigenvalue weighted by Crippen LogP contribution is -2.33. The van der Waals surface area contributed by atoms with E-state index in [1.54, 1.807) is 6.20 Å². The van der Waals surface area contributed by atoms with E-state index in [-0.39, 0.29) is 18.3 Å². The molecule has 1 rings (SSSR count). The molecular weight excluding hydrogens is 202 g/mol. The lowest BCUT2D eigenvalue weighted by Gasteiger charge is -2.18. The Morgan fingerprint density at radius 1 is 1.64 bits per heavy atom. The number of halogens is 1. The second kappa shape index (κ2) is 4.46. The summed E-state index contributed by atoms with van der Waals surface area (Å²) in [5.41, 5.74) is 5.68. The van der Waals surface area contributed by atoms with Gasteiger partial charge in [0.15, 0.2) is 0 Å². The molecule has 3 N–H and O–H groups in total. The number of carbonyl (C=O) groups is 1. The van der Waals surface area contributed by atoms with Crippen LogP contribution in [0.25, 0.3) is 0 Å². The molecule has 5 heteroatoms. The van der Waals surface area contributed by atoms with Gasteiger partial charge in [-0.1, -0.05) is 13.8 Å². The molecule has 0 saturated heterocycles. The number of hydrogen-bond acceptors (Lipinski definition) is 2. The van der Waals surface area contributed by atoms with Crippen LogP contribution in [0.4, 0.5) is 0 Å². The molecule has 0 aromatic carbocycles. The zero-order valence-electron chi connectivity index (χ0n) is 8.63. The van der Waals surface area contributed by atoms with Crippen molar-refractivity contribution in [1.29, 1.82) is 0 Å². The molecule has 1 aromatic rings. The van der Waals surface area contributed by atoms with Crippen molar-refractivity contribution in [3.8, 4) is 0 Å². The number of primary amides is 1. The van der Waals surface area contributed by atoms with Crippen LogP contribution in [0.15, 0.2) is 6.20 Å². The van der Waals surface area contributed by atoms with Gasteiger partial charge >= 0.3 is 0 Å². The van der Waals surface area contributed by atoms with Gasteiger partial charge in [-0.05, 0) is 6.92 Å². The number of amides is 1. The maximum absolute atomic E-state index is 11.0. The van der Waals surface area contributed by atoms with Crippen LogP contribution in [0, 0.1) is 12.3 Å². The summed E-state index contributed by atoms with van der Waals surface area (Å²) in [6.45, 7) is 5.53. The van der Waals surface area contributed by atoms with Crippen molar-refractivity contribution in [3.63, 3.8) is 0 Å². The Morgan fingerprint density at radius 3 is 2.57 bits per heavy atom. The summed E-state index contributed by atoms with van der Waals surface area (Å²) < 4.78 is 0. The number of nitrogens with two attached hydrogens (primary N) is 1. The van der Waals surface area contributed by atoms with Gasteiger partial charge in [-0.25, -0.2) is 4.98 Å². The molecule has 0 aliphatic carbocycles. The third-order valence-corrected chi connectivity index (χ3v) is 2.05. The Hall–Kier alpha value is -1.03. The van der Waals surface area contributed by atoms with Gasteiger partial charge in [-0.3, -0.25) is 4.79 Å². The summed E-state index contributed by atoms with van der Waals surface area (Å²) >= 11 is 0. The highest BCUT2D eigenvalue weighted by Gasteiger charge is 2.25. The number of H-pyrrole nitrogens is 1. The number of hydrogen-bond donors (Lipinski definition) is 2. The van der Waals surface area contributed by atoms with Gasteiger partial charge in [-0.15, -0.1) is 12.4 Å². The SMILES string of the molecule is Cc1ncc(CC(C)(C)C(N)=O)[nH]1.Cl.